The first-order valence-electron chi connectivity index (χ1n) is 5.66. The first-order chi connectivity index (χ1) is 9.16. The van der Waals surface area contributed by atoms with Gasteiger partial charge in [0.15, 0.2) is 0 Å². The molecular formula is C14H9BrFNOS. The molecule has 0 amide bonds. The summed E-state index contributed by atoms with van der Waals surface area (Å²) in [5.74, 6) is -0.317. The summed E-state index contributed by atoms with van der Waals surface area (Å²) in [6.45, 7) is 0.350. The van der Waals surface area contributed by atoms with Gasteiger partial charge in [0.2, 0.25) is 0 Å². The molecule has 0 unspecified atom stereocenters. The Morgan fingerprint density at radius 2 is 2.11 bits per heavy atom. The highest BCUT2D eigenvalue weighted by Gasteiger charge is 2.08. The molecule has 96 valence electrons. The zero-order valence-corrected chi connectivity index (χ0v) is 12.2. The maximum Gasteiger partial charge on any atom is 0.259 e. The van der Waals surface area contributed by atoms with Gasteiger partial charge in [0.05, 0.1) is 16.4 Å². The van der Waals surface area contributed by atoms with Gasteiger partial charge < -0.3 is 4.57 Å². The van der Waals surface area contributed by atoms with Gasteiger partial charge in [0, 0.05) is 10.9 Å². The number of benzene rings is 1. The highest BCUT2D eigenvalue weighted by molar-refractivity contribution is 9.10. The van der Waals surface area contributed by atoms with Gasteiger partial charge in [-0.25, -0.2) is 4.39 Å². The van der Waals surface area contributed by atoms with Crippen LogP contribution in [0.5, 0.6) is 0 Å². The third-order valence-electron chi connectivity index (χ3n) is 2.96. The molecule has 0 N–H and O–H groups in total. The molecule has 2 nitrogen and oxygen atoms in total. The monoisotopic (exact) mass is 337 g/mol. The predicted molar refractivity (Wildman–Crippen MR) is 79.3 cm³/mol. The lowest BCUT2D eigenvalue weighted by molar-refractivity contribution is 0.615. The number of rotatable bonds is 2. The van der Waals surface area contributed by atoms with E-state index < -0.39 is 0 Å². The van der Waals surface area contributed by atoms with Crippen molar-refractivity contribution in [1.29, 1.82) is 0 Å². The molecule has 2 aromatic heterocycles. The second kappa shape index (κ2) is 4.90. The molecule has 0 radical (unpaired) electrons. The Kier molecular flexibility index (Phi) is 3.24. The molecule has 0 aliphatic carbocycles. The first-order valence-corrected chi connectivity index (χ1v) is 7.33. The van der Waals surface area contributed by atoms with Gasteiger partial charge in [-0.1, -0.05) is 12.1 Å². The van der Waals surface area contributed by atoms with Crippen molar-refractivity contribution in [3.05, 3.63) is 68.1 Å². The number of hydrogen-bond acceptors (Lipinski definition) is 2. The van der Waals surface area contributed by atoms with Crippen molar-refractivity contribution in [2.45, 2.75) is 6.54 Å². The Morgan fingerprint density at radius 3 is 2.95 bits per heavy atom. The van der Waals surface area contributed by atoms with Gasteiger partial charge >= 0.3 is 0 Å². The van der Waals surface area contributed by atoms with E-state index in [-0.39, 0.29) is 11.4 Å². The number of hydrogen-bond donors (Lipinski definition) is 0. The van der Waals surface area contributed by atoms with Crippen LogP contribution in [0.25, 0.3) is 10.1 Å². The summed E-state index contributed by atoms with van der Waals surface area (Å²) >= 11 is 4.76. The quantitative estimate of drug-likeness (QED) is 0.692. The fourth-order valence-electron chi connectivity index (χ4n) is 1.99. The van der Waals surface area contributed by atoms with Crippen molar-refractivity contribution in [2.75, 3.05) is 0 Å². The smallest absolute Gasteiger partial charge is 0.259 e. The minimum absolute atomic E-state index is 0.0464. The summed E-state index contributed by atoms with van der Waals surface area (Å²) in [5, 5.41) is 2.61. The number of nitrogens with zero attached hydrogens (tertiary/aromatic N) is 1. The molecule has 0 aliphatic heterocycles. The van der Waals surface area contributed by atoms with E-state index in [4.69, 9.17) is 0 Å². The van der Waals surface area contributed by atoms with Crippen molar-refractivity contribution in [1.82, 2.24) is 4.57 Å². The van der Waals surface area contributed by atoms with Crippen LogP contribution in [-0.2, 0) is 6.54 Å². The lowest BCUT2D eigenvalue weighted by atomic mass is 10.2. The summed E-state index contributed by atoms with van der Waals surface area (Å²) < 4.78 is 16.4. The third-order valence-corrected chi connectivity index (χ3v) is 4.73. The second-order valence-corrected chi connectivity index (χ2v) is 5.90. The molecule has 0 fully saturated rings. The van der Waals surface area contributed by atoms with E-state index in [1.807, 2.05) is 17.5 Å². The van der Waals surface area contributed by atoms with Gasteiger partial charge in [0.1, 0.15) is 5.82 Å². The molecule has 0 spiro atoms. The number of halogens is 2. The van der Waals surface area contributed by atoms with Gasteiger partial charge in [-0.2, -0.15) is 0 Å². The SMILES string of the molecule is O=c1c2ccsc2ccn1Cc1cccc(F)c1Br. The lowest BCUT2D eigenvalue weighted by Crippen LogP contribution is -2.19. The van der Waals surface area contributed by atoms with Crippen LogP contribution in [0, 0.1) is 5.82 Å². The Labute approximate surface area is 121 Å². The third kappa shape index (κ3) is 2.24. The van der Waals surface area contributed by atoms with Crippen LogP contribution in [0.15, 0.2) is 51.2 Å². The number of aromatic nitrogens is 1. The summed E-state index contributed by atoms with van der Waals surface area (Å²) in [7, 11) is 0. The predicted octanol–water partition coefficient (Wildman–Crippen LogP) is 4.01. The van der Waals surface area contributed by atoms with Crippen molar-refractivity contribution >= 4 is 37.4 Å². The van der Waals surface area contributed by atoms with Crippen molar-refractivity contribution in [2.24, 2.45) is 0 Å². The van der Waals surface area contributed by atoms with E-state index >= 15 is 0 Å². The fraction of sp³-hybridized carbons (Fsp3) is 0.0714. The molecule has 19 heavy (non-hydrogen) atoms. The largest absolute Gasteiger partial charge is 0.310 e. The van der Waals surface area contributed by atoms with Gasteiger partial charge in [0.25, 0.3) is 5.56 Å². The average molecular weight is 338 g/mol. The summed E-state index contributed by atoms with van der Waals surface area (Å²) in [4.78, 5) is 12.3. The van der Waals surface area contributed by atoms with Crippen molar-refractivity contribution in [3.63, 3.8) is 0 Å². The van der Waals surface area contributed by atoms with E-state index in [0.29, 0.717) is 16.4 Å². The maximum atomic E-state index is 13.5. The van der Waals surface area contributed by atoms with Gasteiger partial charge in [-0.15, -0.1) is 11.3 Å². The fourth-order valence-corrected chi connectivity index (χ4v) is 3.15. The van der Waals surface area contributed by atoms with E-state index in [1.54, 1.807) is 22.9 Å². The van der Waals surface area contributed by atoms with Crippen LogP contribution in [0.2, 0.25) is 0 Å². The Bertz CT molecular complexity index is 809. The number of fused-ring (bicyclic) bond motifs is 1. The van der Waals surface area contributed by atoms with E-state index in [2.05, 4.69) is 15.9 Å². The first kappa shape index (κ1) is 12.6. The minimum atomic E-state index is -0.317. The average Bonchev–Trinajstić information content (AvgIpc) is 2.87. The Hall–Kier alpha value is -1.46. The highest BCUT2D eigenvalue weighted by Crippen LogP contribution is 2.22. The standard InChI is InChI=1S/C14H9BrFNOS/c15-13-9(2-1-3-11(13)16)8-17-6-4-12-10(14(17)18)5-7-19-12/h1-7H,8H2. The molecule has 0 saturated carbocycles. The lowest BCUT2D eigenvalue weighted by Gasteiger charge is -2.08. The van der Waals surface area contributed by atoms with E-state index in [1.165, 1.54) is 17.4 Å². The van der Waals surface area contributed by atoms with Crippen LogP contribution in [0.1, 0.15) is 5.56 Å². The van der Waals surface area contributed by atoms with Crippen LogP contribution < -0.4 is 5.56 Å². The van der Waals surface area contributed by atoms with E-state index in [0.717, 1.165) is 10.3 Å². The molecule has 5 heteroatoms. The van der Waals surface area contributed by atoms with Crippen molar-refractivity contribution < 1.29 is 4.39 Å². The second-order valence-electron chi connectivity index (χ2n) is 4.16. The zero-order valence-electron chi connectivity index (χ0n) is 9.77. The molecule has 0 aliphatic rings. The van der Waals surface area contributed by atoms with Crippen LogP contribution in [-0.4, -0.2) is 4.57 Å². The molecule has 0 atom stereocenters. The Morgan fingerprint density at radius 1 is 1.26 bits per heavy atom. The molecular weight excluding hydrogens is 329 g/mol. The van der Waals surface area contributed by atoms with Crippen LogP contribution in [0.4, 0.5) is 4.39 Å². The molecule has 2 heterocycles. The number of pyridine rings is 1. The molecule has 0 bridgehead atoms. The normalized spacial score (nSPS) is 11.1. The highest BCUT2D eigenvalue weighted by atomic mass is 79.9. The number of thiophene rings is 1. The molecule has 3 rings (SSSR count). The zero-order chi connectivity index (χ0) is 13.4. The molecule has 1 aromatic carbocycles. The summed E-state index contributed by atoms with van der Waals surface area (Å²) in [5.41, 5.74) is 0.701. The topological polar surface area (TPSA) is 22.0 Å². The maximum absolute atomic E-state index is 13.5. The summed E-state index contributed by atoms with van der Waals surface area (Å²) in [6.07, 6.45) is 1.75. The Balaban J connectivity index is 2.08. The summed E-state index contributed by atoms with van der Waals surface area (Å²) in [6, 6.07) is 8.56. The van der Waals surface area contributed by atoms with Crippen molar-refractivity contribution in [3.8, 4) is 0 Å². The minimum Gasteiger partial charge on any atom is -0.310 e. The van der Waals surface area contributed by atoms with E-state index in [9.17, 15) is 9.18 Å². The van der Waals surface area contributed by atoms with Gasteiger partial charge in [-0.3, -0.25) is 4.79 Å². The van der Waals surface area contributed by atoms with Crippen LogP contribution >= 0.6 is 27.3 Å². The molecule has 3 aromatic rings. The van der Waals surface area contributed by atoms with Gasteiger partial charge in [-0.05, 0) is 45.1 Å². The van der Waals surface area contributed by atoms with Crippen LogP contribution in [0.3, 0.4) is 0 Å². The molecule has 0 saturated heterocycles.